The van der Waals surface area contributed by atoms with Crippen molar-refractivity contribution >= 4 is 28.3 Å². The number of methoxy groups -OCH3 is 1. The van der Waals surface area contributed by atoms with E-state index in [1.165, 1.54) is 35.1 Å². The molecule has 0 N–H and O–H groups in total. The number of hydrogen-bond donors (Lipinski definition) is 0. The number of fused-ring (bicyclic) bond motifs is 1. The maximum absolute atomic E-state index is 13.0. The first-order valence-corrected chi connectivity index (χ1v) is 8.72. The lowest BCUT2D eigenvalue weighted by Gasteiger charge is -1.98. The standard InChI is InChI=1S/C19H12FN3O3S/c1-26-18(25)13-4-2-11(3-5-13)10-15-17(24)23-19(27-15)21-16(22-23)12-6-8-14(20)9-7-12/h2-10H,1H3. The summed E-state index contributed by atoms with van der Waals surface area (Å²) >= 11 is 1.21. The van der Waals surface area contributed by atoms with Gasteiger partial charge in [0.25, 0.3) is 5.56 Å². The molecule has 4 aromatic rings. The number of ether oxygens (including phenoxy) is 1. The monoisotopic (exact) mass is 381 g/mol. The second kappa shape index (κ2) is 6.73. The molecule has 0 fully saturated rings. The summed E-state index contributed by atoms with van der Waals surface area (Å²) in [6, 6.07) is 12.5. The van der Waals surface area contributed by atoms with Gasteiger partial charge in [-0.15, -0.1) is 5.10 Å². The van der Waals surface area contributed by atoms with Crippen LogP contribution in [0, 0.1) is 5.82 Å². The van der Waals surface area contributed by atoms with E-state index in [0.717, 1.165) is 5.56 Å². The van der Waals surface area contributed by atoms with Crippen LogP contribution < -0.4 is 10.1 Å². The van der Waals surface area contributed by atoms with E-state index in [9.17, 15) is 14.0 Å². The van der Waals surface area contributed by atoms with E-state index >= 15 is 0 Å². The minimum atomic E-state index is -0.418. The summed E-state index contributed by atoms with van der Waals surface area (Å²) in [6.45, 7) is 0. The van der Waals surface area contributed by atoms with Gasteiger partial charge in [0, 0.05) is 5.56 Å². The Bertz CT molecular complexity index is 1240. The molecule has 27 heavy (non-hydrogen) atoms. The number of nitrogens with zero attached hydrogens (tertiary/aromatic N) is 3. The third-order valence-corrected chi connectivity index (χ3v) is 4.87. The quantitative estimate of drug-likeness (QED) is 0.509. The molecule has 0 spiro atoms. The molecule has 0 aliphatic rings. The van der Waals surface area contributed by atoms with Crippen molar-refractivity contribution in [3.63, 3.8) is 0 Å². The van der Waals surface area contributed by atoms with Crippen LogP contribution >= 0.6 is 11.3 Å². The molecule has 0 atom stereocenters. The van der Waals surface area contributed by atoms with E-state index in [-0.39, 0.29) is 11.4 Å². The summed E-state index contributed by atoms with van der Waals surface area (Å²) in [7, 11) is 1.32. The number of hydrogen-bond acceptors (Lipinski definition) is 6. The molecule has 6 nitrogen and oxygen atoms in total. The van der Waals surface area contributed by atoms with Gasteiger partial charge in [0.05, 0.1) is 17.2 Å². The Labute approximate surface area is 156 Å². The average Bonchev–Trinajstić information content (AvgIpc) is 3.22. The fourth-order valence-corrected chi connectivity index (χ4v) is 3.45. The highest BCUT2D eigenvalue weighted by Gasteiger charge is 2.12. The van der Waals surface area contributed by atoms with E-state index in [0.29, 0.717) is 26.4 Å². The van der Waals surface area contributed by atoms with Crippen molar-refractivity contribution in [2.24, 2.45) is 0 Å². The summed E-state index contributed by atoms with van der Waals surface area (Å²) in [5.41, 5.74) is 1.55. The van der Waals surface area contributed by atoms with Crippen LogP contribution in [0.3, 0.4) is 0 Å². The Balaban J connectivity index is 1.71. The van der Waals surface area contributed by atoms with Crippen LogP contribution in [0.15, 0.2) is 53.3 Å². The molecule has 0 aliphatic heterocycles. The van der Waals surface area contributed by atoms with Crippen molar-refractivity contribution in [3.05, 3.63) is 80.4 Å². The first-order valence-electron chi connectivity index (χ1n) is 7.91. The van der Waals surface area contributed by atoms with Crippen LogP contribution in [-0.4, -0.2) is 27.7 Å². The number of esters is 1. The van der Waals surface area contributed by atoms with Crippen LogP contribution in [0.5, 0.6) is 0 Å². The molecule has 2 aromatic heterocycles. The number of rotatable bonds is 3. The molecule has 0 radical (unpaired) electrons. The summed E-state index contributed by atoms with van der Waals surface area (Å²) in [5, 5.41) is 4.22. The second-order valence-corrected chi connectivity index (χ2v) is 6.68. The fraction of sp³-hybridized carbons (Fsp3) is 0.0526. The Hall–Kier alpha value is -3.39. The van der Waals surface area contributed by atoms with E-state index in [1.807, 2.05) is 0 Å². The Morgan fingerprint density at radius 1 is 1.15 bits per heavy atom. The Kier molecular flexibility index (Phi) is 4.25. The number of halogens is 1. The molecule has 0 bridgehead atoms. The van der Waals surface area contributed by atoms with Crippen molar-refractivity contribution in [3.8, 4) is 11.4 Å². The minimum absolute atomic E-state index is 0.284. The van der Waals surface area contributed by atoms with Crippen LogP contribution in [0.1, 0.15) is 15.9 Å². The van der Waals surface area contributed by atoms with Gasteiger partial charge in [0.1, 0.15) is 5.82 Å². The molecule has 0 aliphatic carbocycles. The molecular weight excluding hydrogens is 369 g/mol. The number of benzene rings is 2. The van der Waals surface area contributed by atoms with Gasteiger partial charge in [-0.05, 0) is 48.0 Å². The topological polar surface area (TPSA) is 73.6 Å². The van der Waals surface area contributed by atoms with Gasteiger partial charge in [0.15, 0.2) is 5.82 Å². The van der Waals surface area contributed by atoms with Gasteiger partial charge in [-0.2, -0.15) is 9.50 Å². The smallest absolute Gasteiger partial charge is 0.337 e. The summed E-state index contributed by atoms with van der Waals surface area (Å²) in [5.74, 6) is -0.398. The van der Waals surface area contributed by atoms with E-state index in [4.69, 9.17) is 0 Å². The predicted octanol–water partition coefficient (Wildman–Crippen LogP) is 2.29. The van der Waals surface area contributed by atoms with Crippen LogP contribution in [0.2, 0.25) is 0 Å². The molecule has 8 heteroatoms. The second-order valence-electron chi connectivity index (χ2n) is 5.67. The number of thiazole rings is 1. The van der Waals surface area contributed by atoms with Crippen molar-refractivity contribution in [1.82, 2.24) is 14.6 Å². The van der Waals surface area contributed by atoms with Gasteiger partial charge >= 0.3 is 5.97 Å². The van der Waals surface area contributed by atoms with Gasteiger partial charge in [-0.1, -0.05) is 23.5 Å². The first-order chi connectivity index (χ1) is 13.0. The van der Waals surface area contributed by atoms with E-state index in [2.05, 4.69) is 14.8 Å². The van der Waals surface area contributed by atoms with E-state index in [1.54, 1.807) is 42.5 Å². The lowest BCUT2D eigenvalue weighted by Crippen LogP contribution is -2.23. The number of aromatic nitrogens is 3. The average molecular weight is 381 g/mol. The molecular formula is C19H12FN3O3S. The third kappa shape index (κ3) is 3.22. The van der Waals surface area contributed by atoms with Crippen LogP contribution in [-0.2, 0) is 4.74 Å². The largest absolute Gasteiger partial charge is 0.465 e. The van der Waals surface area contributed by atoms with E-state index < -0.39 is 5.97 Å². The molecule has 2 heterocycles. The molecule has 2 aromatic carbocycles. The highest BCUT2D eigenvalue weighted by Crippen LogP contribution is 2.17. The summed E-state index contributed by atoms with van der Waals surface area (Å²) in [6.07, 6.45) is 1.71. The lowest BCUT2D eigenvalue weighted by atomic mass is 10.1. The minimum Gasteiger partial charge on any atom is -0.465 e. The zero-order chi connectivity index (χ0) is 19.0. The third-order valence-electron chi connectivity index (χ3n) is 3.91. The molecule has 0 saturated carbocycles. The van der Waals surface area contributed by atoms with Gasteiger partial charge in [-0.25, -0.2) is 9.18 Å². The summed E-state index contributed by atoms with van der Waals surface area (Å²) < 4.78 is 19.4. The van der Waals surface area contributed by atoms with Crippen molar-refractivity contribution < 1.29 is 13.9 Å². The van der Waals surface area contributed by atoms with Crippen molar-refractivity contribution in [2.45, 2.75) is 0 Å². The lowest BCUT2D eigenvalue weighted by molar-refractivity contribution is 0.0600. The molecule has 4 rings (SSSR count). The van der Waals surface area contributed by atoms with Gasteiger partial charge in [-0.3, -0.25) is 4.79 Å². The first kappa shape index (κ1) is 17.0. The number of carbonyl (C=O) groups is 1. The maximum atomic E-state index is 13.0. The summed E-state index contributed by atoms with van der Waals surface area (Å²) in [4.78, 5) is 28.8. The molecule has 134 valence electrons. The zero-order valence-corrected chi connectivity index (χ0v) is 14.9. The fourth-order valence-electron chi connectivity index (χ4n) is 2.54. The van der Waals surface area contributed by atoms with Gasteiger partial charge in [0.2, 0.25) is 4.96 Å². The Morgan fingerprint density at radius 3 is 2.48 bits per heavy atom. The van der Waals surface area contributed by atoms with Crippen molar-refractivity contribution in [1.29, 1.82) is 0 Å². The Morgan fingerprint density at radius 2 is 1.85 bits per heavy atom. The van der Waals surface area contributed by atoms with Gasteiger partial charge < -0.3 is 4.74 Å². The maximum Gasteiger partial charge on any atom is 0.337 e. The predicted molar refractivity (Wildman–Crippen MR) is 99.1 cm³/mol. The van der Waals surface area contributed by atoms with Crippen molar-refractivity contribution in [2.75, 3.05) is 7.11 Å². The number of carbonyl (C=O) groups excluding carboxylic acids is 1. The SMILES string of the molecule is COC(=O)c1ccc(C=c2sc3nc(-c4ccc(F)cc4)nn3c2=O)cc1. The molecule has 0 amide bonds. The highest BCUT2D eigenvalue weighted by molar-refractivity contribution is 7.15. The van der Waals surface area contributed by atoms with Crippen LogP contribution in [0.4, 0.5) is 4.39 Å². The zero-order valence-electron chi connectivity index (χ0n) is 14.0. The molecule has 0 unspecified atom stereocenters. The highest BCUT2D eigenvalue weighted by atomic mass is 32.1. The normalized spacial score (nSPS) is 11.9. The van der Waals surface area contributed by atoms with Crippen LogP contribution in [0.25, 0.3) is 22.4 Å². The molecule has 0 saturated heterocycles.